The number of anilines is 1. The van der Waals surface area contributed by atoms with Gasteiger partial charge >= 0.3 is 6.09 Å². The SMILES string of the molecule is CCSc1ccc2c(n1)N1C(C)CN(C(=O)OC(C)(C)C)CC1C2. The average Bonchev–Trinajstić information content (AvgIpc) is 2.84. The molecule has 0 aromatic carbocycles. The van der Waals surface area contributed by atoms with E-state index in [9.17, 15) is 4.79 Å². The van der Waals surface area contributed by atoms with E-state index in [1.54, 1.807) is 11.8 Å². The lowest BCUT2D eigenvalue weighted by molar-refractivity contribution is 0.0191. The van der Waals surface area contributed by atoms with Crippen LogP contribution in [0.3, 0.4) is 0 Å². The molecule has 0 aliphatic carbocycles. The highest BCUT2D eigenvalue weighted by atomic mass is 32.2. The van der Waals surface area contributed by atoms with Crippen molar-refractivity contribution >= 4 is 23.7 Å². The third kappa shape index (κ3) is 3.48. The van der Waals surface area contributed by atoms with Crippen LogP contribution < -0.4 is 4.90 Å². The summed E-state index contributed by atoms with van der Waals surface area (Å²) in [7, 11) is 0. The van der Waals surface area contributed by atoms with Crippen LogP contribution in [0.1, 0.15) is 40.2 Å². The Labute approximate surface area is 148 Å². The van der Waals surface area contributed by atoms with E-state index in [2.05, 4.69) is 30.9 Å². The summed E-state index contributed by atoms with van der Waals surface area (Å²) in [6.45, 7) is 11.4. The van der Waals surface area contributed by atoms with E-state index in [1.165, 1.54) is 5.56 Å². The molecule has 1 aromatic heterocycles. The fourth-order valence-electron chi connectivity index (χ4n) is 3.53. The molecular formula is C18H27N3O2S. The lowest BCUT2D eigenvalue weighted by Crippen LogP contribution is -2.58. The van der Waals surface area contributed by atoms with Crippen molar-refractivity contribution < 1.29 is 9.53 Å². The summed E-state index contributed by atoms with van der Waals surface area (Å²) in [6, 6.07) is 4.85. The summed E-state index contributed by atoms with van der Waals surface area (Å²) in [4.78, 5) is 21.5. The predicted octanol–water partition coefficient (Wildman–Crippen LogP) is 3.56. The third-order valence-corrected chi connectivity index (χ3v) is 5.17. The molecule has 0 saturated carbocycles. The van der Waals surface area contributed by atoms with Crippen LogP contribution in [-0.2, 0) is 11.2 Å². The number of nitrogens with zero attached hydrogens (tertiary/aromatic N) is 3. The van der Waals surface area contributed by atoms with Gasteiger partial charge in [0.05, 0.1) is 11.1 Å². The van der Waals surface area contributed by atoms with Gasteiger partial charge in [0.25, 0.3) is 0 Å². The molecule has 132 valence electrons. The van der Waals surface area contributed by atoms with Crippen LogP contribution in [0.2, 0.25) is 0 Å². The second-order valence-electron chi connectivity index (χ2n) is 7.56. The molecule has 2 aliphatic heterocycles. The van der Waals surface area contributed by atoms with Gasteiger partial charge in [-0.05, 0) is 51.5 Å². The summed E-state index contributed by atoms with van der Waals surface area (Å²) in [6.07, 6.45) is 0.739. The lowest BCUT2D eigenvalue weighted by Gasteiger charge is -2.43. The van der Waals surface area contributed by atoms with Crippen LogP contribution in [0.4, 0.5) is 10.6 Å². The van der Waals surface area contributed by atoms with E-state index < -0.39 is 5.60 Å². The lowest BCUT2D eigenvalue weighted by atomic mass is 10.1. The summed E-state index contributed by atoms with van der Waals surface area (Å²) in [5.74, 6) is 2.13. The molecule has 0 bridgehead atoms. The Kier molecular flexibility index (Phi) is 4.69. The number of fused-ring (bicyclic) bond motifs is 3. The minimum atomic E-state index is -0.454. The molecule has 0 radical (unpaired) electrons. The van der Waals surface area contributed by atoms with Gasteiger partial charge in [-0.25, -0.2) is 9.78 Å². The average molecular weight is 350 g/mol. The van der Waals surface area contributed by atoms with Gasteiger partial charge in [0.1, 0.15) is 11.4 Å². The van der Waals surface area contributed by atoms with Crippen molar-refractivity contribution in [3.05, 3.63) is 17.7 Å². The largest absolute Gasteiger partial charge is 0.444 e. The topological polar surface area (TPSA) is 45.7 Å². The van der Waals surface area contributed by atoms with Crippen LogP contribution in [0, 0.1) is 0 Å². The van der Waals surface area contributed by atoms with Gasteiger partial charge < -0.3 is 14.5 Å². The second-order valence-corrected chi connectivity index (χ2v) is 8.85. The molecule has 2 aliphatic rings. The Bertz CT molecular complexity index is 629. The van der Waals surface area contributed by atoms with Gasteiger partial charge in [-0.3, -0.25) is 0 Å². The number of piperazine rings is 1. The van der Waals surface area contributed by atoms with Gasteiger partial charge in [-0.15, -0.1) is 11.8 Å². The number of thioether (sulfide) groups is 1. The minimum Gasteiger partial charge on any atom is -0.444 e. The summed E-state index contributed by atoms with van der Waals surface area (Å²) in [5.41, 5.74) is 0.836. The molecule has 3 heterocycles. The number of pyridine rings is 1. The first kappa shape index (κ1) is 17.4. The van der Waals surface area contributed by atoms with Crippen molar-refractivity contribution in [1.29, 1.82) is 0 Å². The molecule has 0 spiro atoms. The Balaban J connectivity index is 1.76. The number of hydrogen-bond donors (Lipinski definition) is 0. The van der Waals surface area contributed by atoms with Crippen molar-refractivity contribution in [1.82, 2.24) is 9.88 Å². The zero-order chi connectivity index (χ0) is 17.5. The van der Waals surface area contributed by atoms with Crippen molar-refractivity contribution in [3.8, 4) is 0 Å². The van der Waals surface area contributed by atoms with Crippen LogP contribution in [0.5, 0.6) is 0 Å². The molecule has 1 aromatic rings. The van der Waals surface area contributed by atoms with E-state index >= 15 is 0 Å². The zero-order valence-electron chi connectivity index (χ0n) is 15.2. The smallest absolute Gasteiger partial charge is 0.410 e. The molecule has 1 amide bonds. The maximum Gasteiger partial charge on any atom is 0.410 e. The van der Waals surface area contributed by atoms with Crippen molar-refractivity contribution in [2.24, 2.45) is 0 Å². The fourth-order valence-corrected chi connectivity index (χ4v) is 4.14. The third-order valence-electron chi connectivity index (χ3n) is 4.36. The number of rotatable bonds is 2. The van der Waals surface area contributed by atoms with Crippen molar-refractivity contribution in [3.63, 3.8) is 0 Å². The first-order valence-electron chi connectivity index (χ1n) is 8.67. The number of amides is 1. The number of carbonyl (C=O) groups excluding carboxylic acids is 1. The molecule has 1 fully saturated rings. The molecule has 1 saturated heterocycles. The first-order valence-corrected chi connectivity index (χ1v) is 9.66. The Hall–Kier alpha value is -1.43. The van der Waals surface area contributed by atoms with Crippen molar-refractivity contribution in [2.75, 3.05) is 23.7 Å². The first-order chi connectivity index (χ1) is 11.3. The quantitative estimate of drug-likeness (QED) is 0.764. The molecule has 24 heavy (non-hydrogen) atoms. The Morgan fingerprint density at radius 1 is 1.38 bits per heavy atom. The number of ether oxygens (including phenoxy) is 1. The molecular weight excluding hydrogens is 322 g/mol. The van der Waals surface area contributed by atoms with E-state index in [1.807, 2.05) is 25.7 Å². The monoisotopic (exact) mass is 349 g/mol. The predicted molar refractivity (Wildman–Crippen MR) is 97.9 cm³/mol. The maximum absolute atomic E-state index is 12.4. The van der Waals surface area contributed by atoms with E-state index in [4.69, 9.17) is 9.72 Å². The molecule has 3 rings (SSSR count). The van der Waals surface area contributed by atoms with Gasteiger partial charge in [-0.2, -0.15) is 0 Å². The Morgan fingerprint density at radius 2 is 2.12 bits per heavy atom. The molecule has 6 heteroatoms. The fraction of sp³-hybridized carbons (Fsp3) is 0.667. The molecule has 5 nitrogen and oxygen atoms in total. The van der Waals surface area contributed by atoms with Gasteiger partial charge in [-0.1, -0.05) is 13.0 Å². The standard InChI is InChI=1S/C18H27N3O2S/c1-6-24-15-8-7-13-9-14-11-20(17(22)23-18(3,4)5)10-12(2)21(14)16(13)19-15/h7-8,12,14H,6,9-11H2,1-5H3. The van der Waals surface area contributed by atoms with Crippen LogP contribution in [-0.4, -0.2) is 52.5 Å². The van der Waals surface area contributed by atoms with Crippen LogP contribution in [0.15, 0.2) is 17.2 Å². The zero-order valence-corrected chi connectivity index (χ0v) is 16.0. The number of aromatic nitrogens is 1. The van der Waals surface area contributed by atoms with E-state index in [0.717, 1.165) is 23.0 Å². The summed E-state index contributed by atoms with van der Waals surface area (Å²) >= 11 is 1.77. The van der Waals surface area contributed by atoms with E-state index in [0.29, 0.717) is 19.1 Å². The summed E-state index contributed by atoms with van der Waals surface area (Å²) < 4.78 is 5.55. The van der Waals surface area contributed by atoms with Gasteiger partial charge in [0.2, 0.25) is 0 Å². The molecule has 0 N–H and O–H groups in total. The molecule has 2 unspecified atom stereocenters. The van der Waals surface area contributed by atoms with Gasteiger partial charge in [0, 0.05) is 19.1 Å². The Morgan fingerprint density at radius 3 is 2.79 bits per heavy atom. The number of hydrogen-bond acceptors (Lipinski definition) is 5. The van der Waals surface area contributed by atoms with Gasteiger partial charge in [0.15, 0.2) is 0 Å². The van der Waals surface area contributed by atoms with Crippen molar-refractivity contribution in [2.45, 2.75) is 63.8 Å². The van der Waals surface area contributed by atoms with Crippen LogP contribution >= 0.6 is 11.8 Å². The normalized spacial score (nSPS) is 23.0. The highest BCUT2D eigenvalue weighted by Crippen LogP contribution is 2.36. The maximum atomic E-state index is 12.4. The summed E-state index contributed by atoms with van der Waals surface area (Å²) in [5, 5.41) is 1.08. The highest BCUT2D eigenvalue weighted by molar-refractivity contribution is 7.99. The van der Waals surface area contributed by atoms with Crippen LogP contribution in [0.25, 0.3) is 0 Å². The minimum absolute atomic E-state index is 0.208. The molecule has 2 atom stereocenters. The number of carbonyl (C=O) groups is 1. The second kappa shape index (κ2) is 6.47. The highest BCUT2D eigenvalue weighted by Gasteiger charge is 2.41. The van der Waals surface area contributed by atoms with E-state index in [-0.39, 0.29) is 12.1 Å².